The van der Waals surface area contributed by atoms with Crippen molar-refractivity contribution >= 4 is 11.6 Å². The first kappa shape index (κ1) is 14.0. The number of carbonyl (C=O) groups excluding carboxylic acids is 2. The Morgan fingerprint density at radius 3 is 2.24 bits per heavy atom. The molecule has 0 spiro atoms. The molecule has 110 valence electrons. The number of nitrogens with zero attached hydrogens (tertiary/aromatic N) is 1. The minimum Gasteiger partial charge on any atom is -0.378 e. The van der Waals surface area contributed by atoms with Crippen molar-refractivity contribution in [3.8, 4) is 0 Å². The Balaban J connectivity index is 1.74. The van der Waals surface area contributed by atoms with Gasteiger partial charge in [-0.2, -0.15) is 0 Å². The van der Waals surface area contributed by atoms with Gasteiger partial charge in [-0.1, -0.05) is 30.3 Å². The largest absolute Gasteiger partial charge is 0.378 e. The second kappa shape index (κ2) is 6.22. The van der Waals surface area contributed by atoms with Gasteiger partial charge in [0, 0.05) is 32.1 Å². The van der Waals surface area contributed by atoms with E-state index in [0.717, 1.165) is 18.7 Å². The third-order valence-electron chi connectivity index (χ3n) is 4.09. The van der Waals surface area contributed by atoms with Gasteiger partial charge in [0.2, 0.25) is 0 Å². The van der Waals surface area contributed by atoms with Gasteiger partial charge < -0.3 is 9.64 Å². The van der Waals surface area contributed by atoms with Crippen LogP contribution >= 0.6 is 0 Å². The smallest absolute Gasteiger partial charge is 0.168 e. The van der Waals surface area contributed by atoms with Gasteiger partial charge in [0.1, 0.15) is 0 Å². The highest BCUT2D eigenvalue weighted by molar-refractivity contribution is 6.22. The molecule has 1 heterocycles. The summed E-state index contributed by atoms with van der Waals surface area (Å²) in [7, 11) is 0. The van der Waals surface area contributed by atoms with E-state index in [4.69, 9.17) is 4.74 Å². The van der Waals surface area contributed by atoms with Gasteiger partial charge in [0.15, 0.2) is 11.6 Å². The Morgan fingerprint density at radius 1 is 1.00 bits per heavy atom. The monoisotopic (exact) mass is 285 g/mol. The Labute approximate surface area is 124 Å². The third kappa shape index (κ3) is 3.22. The minimum absolute atomic E-state index is 0.0213. The molecule has 1 aliphatic carbocycles. The summed E-state index contributed by atoms with van der Waals surface area (Å²) >= 11 is 0. The molecule has 0 aromatic heterocycles. The number of rotatable bonds is 2. The van der Waals surface area contributed by atoms with E-state index in [-0.39, 0.29) is 17.5 Å². The maximum Gasteiger partial charge on any atom is 0.168 e. The van der Waals surface area contributed by atoms with E-state index in [9.17, 15) is 9.59 Å². The van der Waals surface area contributed by atoms with Crippen molar-refractivity contribution in [1.29, 1.82) is 0 Å². The van der Waals surface area contributed by atoms with E-state index in [2.05, 4.69) is 0 Å². The second-order valence-electron chi connectivity index (χ2n) is 5.55. The zero-order valence-corrected chi connectivity index (χ0v) is 12.0. The molecular weight excluding hydrogens is 266 g/mol. The highest BCUT2D eigenvalue weighted by atomic mass is 16.5. The molecule has 0 amide bonds. The molecule has 21 heavy (non-hydrogen) atoms. The number of Topliss-reactive ketones (excluding diaryl/α,β-unsaturated/α-hetero) is 2. The van der Waals surface area contributed by atoms with Crippen LogP contribution in [-0.4, -0.2) is 42.8 Å². The van der Waals surface area contributed by atoms with Gasteiger partial charge in [0.25, 0.3) is 0 Å². The molecule has 2 fully saturated rings. The van der Waals surface area contributed by atoms with E-state index in [0.29, 0.717) is 31.6 Å². The molecule has 1 aromatic rings. The summed E-state index contributed by atoms with van der Waals surface area (Å²) in [6, 6.07) is 9.82. The fourth-order valence-corrected chi connectivity index (χ4v) is 2.89. The predicted molar refractivity (Wildman–Crippen MR) is 78.9 cm³/mol. The van der Waals surface area contributed by atoms with Crippen molar-refractivity contribution in [2.24, 2.45) is 0 Å². The first-order chi connectivity index (χ1) is 10.2. The van der Waals surface area contributed by atoms with Crippen LogP contribution in [-0.2, 0) is 14.3 Å². The zero-order chi connectivity index (χ0) is 14.7. The molecular formula is C17H19NO3. The molecule has 0 bridgehead atoms. The third-order valence-corrected chi connectivity index (χ3v) is 4.09. The maximum atomic E-state index is 12.3. The van der Waals surface area contributed by atoms with E-state index in [1.807, 2.05) is 35.2 Å². The summed E-state index contributed by atoms with van der Waals surface area (Å²) in [5.41, 5.74) is 1.44. The zero-order valence-electron chi connectivity index (χ0n) is 12.0. The molecule has 0 radical (unpaired) electrons. The van der Waals surface area contributed by atoms with Gasteiger partial charge >= 0.3 is 0 Å². The van der Waals surface area contributed by atoms with Crippen molar-refractivity contribution in [2.45, 2.75) is 18.8 Å². The molecule has 1 aromatic carbocycles. The van der Waals surface area contributed by atoms with Crippen molar-refractivity contribution in [1.82, 2.24) is 4.90 Å². The topological polar surface area (TPSA) is 46.6 Å². The lowest BCUT2D eigenvalue weighted by atomic mass is 9.80. The van der Waals surface area contributed by atoms with E-state index >= 15 is 0 Å². The molecule has 2 aliphatic rings. The molecule has 1 saturated carbocycles. The number of ketones is 2. The summed E-state index contributed by atoms with van der Waals surface area (Å²) in [5, 5.41) is 0. The Bertz CT molecular complexity index is 539. The number of hydrogen-bond acceptors (Lipinski definition) is 4. The van der Waals surface area contributed by atoms with Crippen molar-refractivity contribution in [3.63, 3.8) is 0 Å². The Morgan fingerprint density at radius 2 is 1.62 bits per heavy atom. The molecule has 0 atom stereocenters. The van der Waals surface area contributed by atoms with Crippen LogP contribution in [0.5, 0.6) is 0 Å². The van der Waals surface area contributed by atoms with Crippen LogP contribution in [0.15, 0.2) is 42.1 Å². The SMILES string of the molecule is O=C1CC(c2ccccc2)CC(=O)C1=CN1CCOCC1. The van der Waals surface area contributed by atoms with Crippen LogP contribution in [0, 0.1) is 0 Å². The van der Waals surface area contributed by atoms with Crippen LogP contribution < -0.4 is 0 Å². The Hall–Kier alpha value is -1.94. The maximum absolute atomic E-state index is 12.3. The van der Waals surface area contributed by atoms with Crippen molar-refractivity contribution in [3.05, 3.63) is 47.7 Å². The van der Waals surface area contributed by atoms with E-state index in [1.165, 1.54) is 0 Å². The summed E-state index contributed by atoms with van der Waals surface area (Å²) in [6.07, 6.45) is 2.59. The van der Waals surface area contributed by atoms with Gasteiger partial charge in [-0.15, -0.1) is 0 Å². The van der Waals surface area contributed by atoms with Crippen LogP contribution in [0.25, 0.3) is 0 Å². The summed E-state index contributed by atoms with van der Waals surface area (Å²) in [4.78, 5) is 26.6. The molecule has 4 heteroatoms. The number of benzene rings is 1. The first-order valence-corrected chi connectivity index (χ1v) is 7.39. The lowest BCUT2D eigenvalue weighted by Gasteiger charge is -2.28. The normalized spacial score (nSPS) is 23.3. The number of allylic oxidation sites excluding steroid dienone is 1. The lowest BCUT2D eigenvalue weighted by Crippen LogP contribution is -2.34. The number of morpholine rings is 1. The van der Waals surface area contributed by atoms with E-state index in [1.54, 1.807) is 6.20 Å². The fraction of sp³-hybridized carbons (Fsp3) is 0.412. The highest BCUT2D eigenvalue weighted by Crippen LogP contribution is 2.31. The number of carbonyl (C=O) groups is 2. The average Bonchev–Trinajstić information content (AvgIpc) is 2.52. The molecule has 4 nitrogen and oxygen atoms in total. The fourth-order valence-electron chi connectivity index (χ4n) is 2.89. The molecule has 1 aliphatic heterocycles. The van der Waals surface area contributed by atoms with Gasteiger partial charge in [-0.3, -0.25) is 9.59 Å². The number of ether oxygens (including phenoxy) is 1. The summed E-state index contributed by atoms with van der Waals surface area (Å²) < 4.78 is 5.28. The number of hydrogen-bond donors (Lipinski definition) is 0. The quantitative estimate of drug-likeness (QED) is 0.615. The summed E-state index contributed by atoms with van der Waals surface area (Å²) in [6.45, 7) is 2.79. The Kier molecular flexibility index (Phi) is 4.15. The van der Waals surface area contributed by atoms with Crippen molar-refractivity contribution in [2.75, 3.05) is 26.3 Å². The van der Waals surface area contributed by atoms with Crippen LogP contribution in [0.1, 0.15) is 24.3 Å². The predicted octanol–water partition coefficient (Wildman–Crippen LogP) is 1.92. The van der Waals surface area contributed by atoms with Gasteiger partial charge in [-0.25, -0.2) is 0 Å². The molecule has 0 N–H and O–H groups in total. The molecule has 1 saturated heterocycles. The molecule has 3 rings (SSSR count). The second-order valence-corrected chi connectivity index (χ2v) is 5.55. The highest BCUT2D eigenvalue weighted by Gasteiger charge is 2.31. The lowest BCUT2D eigenvalue weighted by molar-refractivity contribution is -0.124. The van der Waals surface area contributed by atoms with Crippen LogP contribution in [0.3, 0.4) is 0 Å². The van der Waals surface area contributed by atoms with Crippen molar-refractivity contribution < 1.29 is 14.3 Å². The first-order valence-electron chi connectivity index (χ1n) is 7.39. The van der Waals surface area contributed by atoms with Crippen LogP contribution in [0.2, 0.25) is 0 Å². The molecule has 0 unspecified atom stereocenters. The van der Waals surface area contributed by atoms with E-state index < -0.39 is 0 Å². The van der Waals surface area contributed by atoms with Gasteiger partial charge in [-0.05, 0) is 11.5 Å². The standard InChI is InChI=1S/C17H19NO3/c19-16-10-14(13-4-2-1-3-5-13)11-17(20)15(16)12-18-6-8-21-9-7-18/h1-5,12,14H,6-11H2. The van der Waals surface area contributed by atoms with Crippen LogP contribution in [0.4, 0.5) is 0 Å². The average molecular weight is 285 g/mol. The van der Waals surface area contributed by atoms with Gasteiger partial charge in [0.05, 0.1) is 18.8 Å². The summed E-state index contributed by atoms with van der Waals surface area (Å²) in [5.74, 6) is -0.0498. The minimum atomic E-state index is -0.0356.